The molecule has 116 valence electrons. The molecule has 3 heteroatoms. The molecule has 3 nitrogen and oxygen atoms in total. The molecule has 3 aromatic rings. The number of phenolic OH excluding ortho intramolecular Hbond substituents is 1. The quantitative estimate of drug-likeness (QED) is 0.784. The third-order valence-electron chi connectivity index (χ3n) is 4.72. The van der Waals surface area contributed by atoms with Crippen LogP contribution in [0.4, 0.5) is 0 Å². The maximum Gasteiger partial charge on any atom is 0.116 e. The van der Waals surface area contributed by atoms with Gasteiger partial charge in [0.2, 0.25) is 0 Å². The van der Waals surface area contributed by atoms with Gasteiger partial charge in [0, 0.05) is 24.5 Å². The Morgan fingerprint density at radius 1 is 1.09 bits per heavy atom. The van der Waals surface area contributed by atoms with Crippen molar-refractivity contribution in [1.29, 1.82) is 0 Å². The summed E-state index contributed by atoms with van der Waals surface area (Å²) in [5, 5.41) is 10.9. The Bertz CT molecular complexity index is 891. The van der Waals surface area contributed by atoms with Crippen molar-refractivity contribution in [3.63, 3.8) is 0 Å². The molecule has 0 saturated carbocycles. The lowest BCUT2D eigenvalue weighted by Gasteiger charge is -2.05. The second-order valence-electron chi connectivity index (χ2n) is 6.15. The molecule has 1 aliphatic carbocycles. The largest absolute Gasteiger partial charge is 0.508 e. The predicted octanol–water partition coefficient (Wildman–Crippen LogP) is 3.86. The van der Waals surface area contributed by atoms with Crippen LogP contribution in [-0.4, -0.2) is 21.9 Å². The highest BCUT2D eigenvalue weighted by molar-refractivity contribution is 6.09. The normalized spacial score (nSPS) is 15.4. The van der Waals surface area contributed by atoms with E-state index >= 15 is 0 Å². The van der Waals surface area contributed by atoms with Gasteiger partial charge in [0.1, 0.15) is 5.75 Å². The second-order valence-corrected chi connectivity index (χ2v) is 6.15. The maximum atomic E-state index is 9.76. The predicted molar refractivity (Wildman–Crippen MR) is 94.5 cm³/mol. The summed E-state index contributed by atoms with van der Waals surface area (Å²) in [6, 6.07) is 16.1. The Balaban J connectivity index is 1.65. The first-order valence-electron chi connectivity index (χ1n) is 8.12. The van der Waals surface area contributed by atoms with E-state index in [2.05, 4.69) is 35.9 Å². The molecule has 23 heavy (non-hydrogen) atoms. The van der Waals surface area contributed by atoms with E-state index in [1.165, 1.54) is 28.0 Å². The van der Waals surface area contributed by atoms with E-state index in [4.69, 9.17) is 4.99 Å². The van der Waals surface area contributed by atoms with Crippen LogP contribution in [0.1, 0.15) is 23.2 Å². The minimum absolute atomic E-state index is 0.334. The number of aliphatic imine (C=N–C) groups is 1. The fourth-order valence-electron chi connectivity index (χ4n) is 3.61. The summed E-state index contributed by atoms with van der Waals surface area (Å²) in [6.45, 7) is 0.825. The molecule has 0 fully saturated rings. The number of aryl methyl sites for hydroxylation is 2. The zero-order chi connectivity index (χ0) is 15.8. The second kappa shape index (κ2) is 5.58. The Morgan fingerprint density at radius 3 is 2.74 bits per heavy atom. The van der Waals surface area contributed by atoms with E-state index in [0.29, 0.717) is 5.75 Å². The van der Waals surface area contributed by atoms with Gasteiger partial charge in [0.25, 0.3) is 0 Å². The minimum Gasteiger partial charge on any atom is -0.508 e. The summed E-state index contributed by atoms with van der Waals surface area (Å²) in [7, 11) is 2.09. The van der Waals surface area contributed by atoms with Crippen molar-refractivity contribution in [1.82, 2.24) is 4.57 Å². The van der Waals surface area contributed by atoms with Crippen molar-refractivity contribution < 1.29 is 5.11 Å². The number of rotatable bonds is 3. The molecular weight excluding hydrogens is 284 g/mol. The lowest BCUT2D eigenvalue weighted by Crippen LogP contribution is -2.05. The number of benzene rings is 2. The third kappa shape index (κ3) is 2.42. The van der Waals surface area contributed by atoms with E-state index in [0.717, 1.165) is 31.2 Å². The first kappa shape index (κ1) is 14.1. The highest BCUT2D eigenvalue weighted by Crippen LogP contribution is 2.34. The molecule has 0 spiro atoms. The molecule has 0 unspecified atom stereocenters. The van der Waals surface area contributed by atoms with Crippen LogP contribution >= 0.6 is 0 Å². The summed E-state index contributed by atoms with van der Waals surface area (Å²) in [4.78, 5) is 4.87. The molecular formula is C20H20N2O. The molecule has 0 aliphatic heterocycles. The number of aromatic hydroxyl groups is 1. The summed E-state index contributed by atoms with van der Waals surface area (Å²) in [5.74, 6) is 0.334. The van der Waals surface area contributed by atoms with Crippen LogP contribution in [-0.2, 0) is 19.9 Å². The van der Waals surface area contributed by atoms with Crippen molar-refractivity contribution in [2.75, 3.05) is 6.54 Å². The molecule has 1 aliphatic rings. The van der Waals surface area contributed by atoms with E-state index < -0.39 is 0 Å². The molecule has 1 N–H and O–H groups in total. The topological polar surface area (TPSA) is 37.5 Å². The third-order valence-corrected chi connectivity index (χ3v) is 4.72. The Kier molecular flexibility index (Phi) is 3.41. The van der Waals surface area contributed by atoms with Crippen molar-refractivity contribution in [2.45, 2.75) is 19.3 Å². The number of fused-ring (bicyclic) bond motifs is 3. The average molecular weight is 304 g/mol. The standard InChI is InChI=1S/C20H20N2O/c1-22-19-10-7-15(23)13-17(19)16-8-9-18(20(16)22)21-12-11-14-5-3-2-4-6-14/h2-7,10,13,23H,8-9,11-12H2,1H3. The van der Waals surface area contributed by atoms with Crippen molar-refractivity contribution >= 4 is 16.6 Å². The van der Waals surface area contributed by atoms with Crippen LogP contribution in [0.3, 0.4) is 0 Å². The lowest BCUT2D eigenvalue weighted by molar-refractivity contribution is 0.476. The molecule has 0 saturated heterocycles. The Labute approximate surface area is 135 Å². The van der Waals surface area contributed by atoms with Gasteiger partial charge in [-0.05, 0) is 48.6 Å². The lowest BCUT2D eigenvalue weighted by atomic mass is 10.1. The molecule has 0 amide bonds. The zero-order valence-corrected chi connectivity index (χ0v) is 13.3. The monoisotopic (exact) mass is 304 g/mol. The van der Waals surface area contributed by atoms with Gasteiger partial charge in [0.05, 0.1) is 11.4 Å². The van der Waals surface area contributed by atoms with Crippen LogP contribution in [0.5, 0.6) is 5.75 Å². The molecule has 0 radical (unpaired) electrons. The highest BCUT2D eigenvalue weighted by Gasteiger charge is 2.25. The summed E-state index contributed by atoms with van der Waals surface area (Å²) in [6.07, 6.45) is 2.99. The van der Waals surface area contributed by atoms with Crippen molar-refractivity contribution in [2.24, 2.45) is 12.0 Å². The molecule has 1 aromatic heterocycles. The van der Waals surface area contributed by atoms with Gasteiger partial charge >= 0.3 is 0 Å². The first-order valence-corrected chi connectivity index (χ1v) is 8.12. The molecule has 0 bridgehead atoms. The van der Waals surface area contributed by atoms with Gasteiger partial charge in [0.15, 0.2) is 0 Å². The van der Waals surface area contributed by atoms with Crippen LogP contribution < -0.4 is 0 Å². The van der Waals surface area contributed by atoms with Gasteiger partial charge in [-0.2, -0.15) is 0 Å². The number of aromatic nitrogens is 1. The van der Waals surface area contributed by atoms with Crippen LogP contribution in [0.25, 0.3) is 10.9 Å². The SMILES string of the molecule is Cn1c2c(c3cc(O)ccc31)CCC2=NCCc1ccccc1. The number of phenols is 1. The van der Waals surface area contributed by atoms with Gasteiger partial charge in [-0.3, -0.25) is 4.99 Å². The number of hydrogen-bond acceptors (Lipinski definition) is 2. The summed E-state index contributed by atoms with van der Waals surface area (Å²) < 4.78 is 2.22. The highest BCUT2D eigenvalue weighted by atomic mass is 16.3. The minimum atomic E-state index is 0.334. The van der Waals surface area contributed by atoms with Gasteiger partial charge in [-0.1, -0.05) is 30.3 Å². The average Bonchev–Trinajstić information content (AvgIpc) is 3.09. The van der Waals surface area contributed by atoms with Gasteiger partial charge in [-0.25, -0.2) is 0 Å². The van der Waals surface area contributed by atoms with Gasteiger partial charge < -0.3 is 9.67 Å². The first-order chi connectivity index (χ1) is 11.2. The number of hydrogen-bond donors (Lipinski definition) is 1. The van der Waals surface area contributed by atoms with Gasteiger partial charge in [-0.15, -0.1) is 0 Å². The molecule has 4 rings (SSSR count). The van der Waals surface area contributed by atoms with Crippen molar-refractivity contribution in [3.8, 4) is 5.75 Å². The number of nitrogens with zero attached hydrogens (tertiary/aromatic N) is 2. The van der Waals surface area contributed by atoms with Crippen LogP contribution in [0, 0.1) is 0 Å². The molecule has 1 heterocycles. The van der Waals surface area contributed by atoms with Crippen LogP contribution in [0.15, 0.2) is 53.5 Å². The maximum absolute atomic E-state index is 9.76. The van der Waals surface area contributed by atoms with E-state index in [-0.39, 0.29) is 0 Å². The zero-order valence-electron chi connectivity index (χ0n) is 13.3. The fourth-order valence-corrected chi connectivity index (χ4v) is 3.61. The van der Waals surface area contributed by atoms with E-state index in [1.807, 2.05) is 18.2 Å². The van der Waals surface area contributed by atoms with E-state index in [1.54, 1.807) is 6.07 Å². The van der Waals surface area contributed by atoms with Crippen molar-refractivity contribution in [3.05, 3.63) is 65.4 Å². The molecule has 2 aromatic carbocycles. The Hall–Kier alpha value is -2.55. The fraction of sp³-hybridized carbons (Fsp3) is 0.250. The van der Waals surface area contributed by atoms with E-state index in [9.17, 15) is 5.11 Å². The van der Waals surface area contributed by atoms with Crippen LogP contribution in [0.2, 0.25) is 0 Å². The smallest absolute Gasteiger partial charge is 0.116 e. The Morgan fingerprint density at radius 2 is 1.91 bits per heavy atom. The summed E-state index contributed by atoms with van der Waals surface area (Å²) in [5.41, 5.74) is 6.28. The summed E-state index contributed by atoms with van der Waals surface area (Å²) >= 11 is 0. The molecule has 0 atom stereocenters.